The Balaban J connectivity index is 1.40. The SMILES string of the molecule is O=C(Nc1ccc(Cl)c(Cl)c1)NN1C(=O)/C(=C\c2cccc(OCc3ccc(Cl)cc3Cl)c2)SC1=S. The average molecular weight is 599 g/mol. The number of ether oxygens (including phenoxy) is 1. The molecular formula is C24H15Cl4N3O3S2. The first-order chi connectivity index (χ1) is 17.2. The molecule has 6 nitrogen and oxygen atoms in total. The maximum atomic E-state index is 12.9. The number of rotatable bonds is 6. The van der Waals surface area contributed by atoms with Crippen LogP contribution in [0, 0.1) is 0 Å². The minimum atomic E-state index is -0.665. The fraction of sp³-hybridized carbons (Fsp3) is 0.0417. The van der Waals surface area contributed by atoms with Crippen molar-refractivity contribution < 1.29 is 14.3 Å². The van der Waals surface area contributed by atoms with Crippen molar-refractivity contribution in [2.24, 2.45) is 0 Å². The summed E-state index contributed by atoms with van der Waals surface area (Å²) in [5.74, 6) is 0.123. The number of urea groups is 1. The van der Waals surface area contributed by atoms with Crippen LogP contribution in [0.1, 0.15) is 11.1 Å². The summed E-state index contributed by atoms with van der Waals surface area (Å²) in [6.07, 6.45) is 1.67. The van der Waals surface area contributed by atoms with Crippen molar-refractivity contribution in [3.05, 3.63) is 96.8 Å². The van der Waals surface area contributed by atoms with Gasteiger partial charge in [0.05, 0.1) is 15.0 Å². The van der Waals surface area contributed by atoms with Crippen LogP contribution in [-0.4, -0.2) is 21.3 Å². The van der Waals surface area contributed by atoms with Crippen molar-refractivity contribution >= 4 is 98.4 Å². The highest BCUT2D eigenvalue weighted by atomic mass is 35.5. The van der Waals surface area contributed by atoms with Crippen LogP contribution in [0.25, 0.3) is 6.08 Å². The Morgan fingerprint density at radius 3 is 2.56 bits per heavy atom. The Labute approximate surface area is 236 Å². The molecule has 2 N–H and O–H groups in total. The van der Waals surface area contributed by atoms with E-state index in [9.17, 15) is 9.59 Å². The van der Waals surface area contributed by atoms with E-state index < -0.39 is 11.9 Å². The second-order valence-corrected chi connectivity index (χ2v) is 10.6. The van der Waals surface area contributed by atoms with E-state index in [-0.39, 0.29) is 16.0 Å². The highest BCUT2D eigenvalue weighted by Gasteiger charge is 2.33. The van der Waals surface area contributed by atoms with Crippen molar-refractivity contribution in [1.82, 2.24) is 10.4 Å². The Morgan fingerprint density at radius 2 is 1.81 bits per heavy atom. The Morgan fingerprint density at radius 1 is 1.00 bits per heavy atom. The van der Waals surface area contributed by atoms with E-state index in [1.807, 2.05) is 6.07 Å². The second kappa shape index (κ2) is 11.7. The lowest BCUT2D eigenvalue weighted by atomic mass is 10.2. The molecule has 1 aliphatic heterocycles. The number of benzene rings is 3. The molecule has 4 rings (SSSR count). The van der Waals surface area contributed by atoms with Gasteiger partial charge in [0.25, 0.3) is 5.91 Å². The number of thiocarbonyl (C=S) groups is 1. The molecule has 0 bridgehead atoms. The molecule has 12 heteroatoms. The number of amides is 3. The van der Waals surface area contributed by atoms with E-state index in [4.69, 9.17) is 63.4 Å². The molecule has 0 aliphatic carbocycles. The summed E-state index contributed by atoms with van der Waals surface area (Å²) >= 11 is 30.3. The number of nitrogens with one attached hydrogen (secondary N) is 2. The summed E-state index contributed by atoms with van der Waals surface area (Å²) in [5.41, 5.74) is 4.35. The number of thioether (sulfide) groups is 1. The highest BCUT2D eigenvalue weighted by Crippen LogP contribution is 2.32. The zero-order valence-corrected chi connectivity index (χ0v) is 22.7. The van der Waals surface area contributed by atoms with E-state index >= 15 is 0 Å². The maximum Gasteiger partial charge on any atom is 0.338 e. The monoisotopic (exact) mass is 597 g/mol. The molecule has 1 saturated heterocycles. The molecule has 3 aromatic carbocycles. The van der Waals surface area contributed by atoms with Gasteiger partial charge in [-0.1, -0.05) is 76.4 Å². The Kier molecular flexibility index (Phi) is 8.66. The van der Waals surface area contributed by atoms with Gasteiger partial charge in [0.15, 0.2) is 4.32 Å². The van der Waals surface area contributed by atoms with Gasteiger partial charge in [-0.25, -0.2) is 10.2 Å². The third-order valence-electron chi connectivity index (χ3n) is 4.75. The van der Waals surface area contributed by atoms with Crippen molar-refractivity contribution in [2.75, 3.05) is 5.32 Å². The standard InChI is InChI=1S/C24H15Cl4N3O3S2/c25-15-5-4-14(19(27)10-15)12-34-17-3-1-2-13(8-17)9-21-22(32)31(24(35)36-21)30-23(33)29-16-6-7-18(26)20(28)11-16/h1-11H,12H2,(H2,29,30,33)/b21-9+. The van der Waals surface area contributed by atoms with Gasteiger partial charge in [-0.2, -0.15) is 5.01 Å². The van der Waals surface area contributed by atoms with Crippen molar-refractivity contribution in [1.29, 1.82) is 0 Å². The van der Waals surface area contributed by atoms with Crippen molar-refractivity contribution in [3.63, 3.8) is 0 Å². The van der Waals surface area contributed by atoms with Gasteiger partial charge in [-0.3, -0.25) is 4.79 Å². The third kappa shape index (κ3) is 6.64. The zero-order chi connectivity index (χ0) is 25.8. The summed E-state index contributed by atoms with van der Waals surface area (Å²) in [7, 11) is 0. The summed E-state index contributed by atoms with van der Waals surface area (Å²) in [6.45, 7) is 0.249. The average Bonchev–Trinajstić information content (AvgIpc) is 3.08. The minimum absolute atomic E-state index is 0.181. The fourth-order valence-corrected chi connectivity index (χ4v) is 4.98. The van der Waals surface area contributed by atoms with Crippen LogP contribution in [0.5, 0.6) is 5.75 Å². The summed E-state index contributed by atoms with van der Waals surface area (Å²) in [4.78, 5) is 25.6. The minimum Gasteiger partial charge on any atom is -0.489 e. The van der Waals surface area contributed by atoms with E-state index in [2.05, 4.69) is 10.7 Å². The predicted molar refractivity (Wildman–Crippen MR) is 151 cm³/mol. The number of hydrogen-bond donors (Lipinski definition) is 2. The number of carbonyl (C=O) groups is 2. The molecule has 1 heterocycles. The van der Waals surface area contributed by atoms with Crippen molar-refractivity contribution in [3.8, 4) is 5.75 Å². The van der Waals surface area contributed by atoms with Crippen LogP contribution in [-0.2, 0) is 11.4 Å². The lowest BCUT2D eigenvalue weighted by Gasteiger charge is -2.16. The molecule has 0 radical (unpaired) electrons. The number of carbonyl (C=O) groups excluding carboxylic acids is 2. The molecule has 1 fully saturated rings. The molecule has 3 amide bonds. The van der Waals surface area contributed by atoms with E-state index in [0.29, 0.717) is 31.4 Å². The van der Waals surface area contributed by atoms with E-state index in [1.165, 1.54) is 6.07 Å². The predicted octanol–water partition coefficient (Wildman–Crippen LogP) is 7.82. The van der Waals surface area contributed by atoms with Crippen molar-refractivity contribution in [2.45, 2.75) is 6.61 Å². The molecule has 0 unspecified atom stereocenters. The van der Waals surface area contributed by atoms with Crippen LogP contribution in [0.15, 0.2) is 65.6 Å². The van der Waals surface area contributed by atoms with Crippen LogP contribution in [0.4, 0.5) is 10.5 Å². The first-order valence-electron chi connectivity index (χ1n) is 10.2. The molecule has 184 valence electrons. The summed E-state index contributed by atoms with van der Waals surface area (Å²) in [6, 6.07) is 16.3. The molecule has 0 spiro atoms. The normalized spacial score (nSPS) is 14.3. The Bertz CT molecular complexity index is 1400. The van der Waals surface area contributed by atoms with Gasteiger partial charge >= 0.3 is 6.03 Å². The number of hydrogen-bond acceptors (Lipinski definition) is 5. The summed E-state index contributed by atoms with van der Waals surface area (Å²) in [5, 5.41) is 5.27. The molecular weight excluding hydrogens is 584 g/mol. The quantitative estimate of drug-likeness (QED) is 0.224. The van der Waals surface area contributed by atoms with Gasteiger partial charge in [0, 0.05) is 21.3 Å². The number of anilines is 1. The topological polar surface area (TPSA) is 70.7 Å². The van der Waals surface area contributed by atoms with Crippen LogP contribution in [0.3, 0.4) is 0 Å². The van der Waals surface area contributed by atoms with Crippen LogP contribution in [0.2, 0.25) is 20.1 Å². The maximum absolute atomic E-state index is 12.9. The smallest absolute Gasteiger partial charge is 0.338 e. The number of nitrogens with zero attached hydrogens (tertiary/aromatic N) is 1. The van der Waals surface area contributed by atoms with Crippen LogP contribution >= 0.6 is 70.4 Å². The largest absolute Gasteiger partial charge is 0.489 e. The number of halogens is 4. The van der Waals surface area contributed by atoms with E-state index in [1.54, 1.807) is 54.6 Å². The Hall–Kier alpha value is -2.46. The third-order valence-corrected chi connectivity index (χ3v) is 7.38. The fourth-order valence-electron chi connectivity index (χ4n) is 3.04. The lowest BCUT2D eigenvalue weighted by molar-refractivity contribution is -0.123. The molecule has 1 aliphatic rings. The van der Waals surface area contributed by atoms with Gasteiger partial charge in [-0.05, 0) is 66.3 Å². The van der Waals surface area contributed by atoms with Gasteiger partial charge in [-0.15, -0.1) is 0 Å². The summed E-state index contributed by atoms with van der Waals surface area (Å²) < 4.78 is 6.03. The van der Waals surface area contributed by atoms with Gasteiger partial charge in [0.2, 0.25) is 0 Å². The first-order valence-corrected chi connectivity index (χ1v) is 12.9. The molecule has 3 aromatic rings. The molecule has 36 heavy (non-hydrogen) atoms. The first kappa shape index (κ1) is 26.6. The van der Waals surface area contributed by atoms with Crippen LogP contribution < -0.4 is 15.5 Å². The van der Waals surface area contributed by atoms with E-state index in [0.717, 1.165) is 27.9 Å². The molecule has 0 aromatic heterocycles. The van der Waals surface area contributed by atoms with Gasteiger partial charge in [0.1, 0.15) is 12.4 Å². The van der Waals surface area contributed by atoms with Gasteiger partial charge < -0.3 is 10.1 Å². The lowest BCUT2D eigenvalue weighted by Crippen LogP contribution is -2.46. The highest BCUT2D eigenvalue weighted by molar-refractivity contribution is 8.26. The molecule has 0 saturated carbocycles. The zero-order valence-electron chi connectivity index (χ0n) is 18.1. The number of hydrazine groups is 1. The second-order valence-electron chi connectivity index (χ2n) is 7.31. The molecule has 0 atom stereocenters.